The van der Waals surface area contributed by atoms with Gasteiger partial charge in [0, 0.05) is 38.1 Å². The lowest BCUT2D eigenvalue weighted by Crippen LogP contribution is -2.46. The molecule has 0 atom stereocenters. The van der Waals surface area contributed by atoms with E-state index in [1.807, 2.05) is 40.8 Å². The van der Waals surface area contributed by atoms with Crippen LogP contribution in [0.4, 0.5) is 5.95 Å². The van der Waals surface area contributed by atoms with Crippen LogP contribution in [-0.2, 0) is 6.54 Å². The lowest BCUT2D eigenvalue weighted by molar-refractivity contribution is 0.248. The summed E-state index contributed by atoms with van der Waals surface area (Å²) in [4.78, 5) is 9.91. The van der Waals surface area contributed by atoms with Gasteiger partial charge in [0.25, 0.3) is 0 Å². The Morgan fingerprint density at radius 2 is 1.68 bits per heavy atom. The molecule has 3 aromatic heterocycles. The molecule has 0 bridgehead atoms. The summed E-state index contributed by atoms with van der Waals surface area (Å²) in [5.41, 5.74) is 4.49. The van der Waals surface area contributed by atoms with E-state index in [9.17, 15) is 0 Å². The molecule has 4 heterocycles. The summed E-state index contributed by atoms with van der Waals surface area (Å²) in [5.74, 6) is 2.80. The third-order valence-corrected chi connectivity index (χ3v) is 6.68. The molecule has 34 heavy (non-hydrogen) atoms. The van der Waals surface area contributed by atoms with Crippen molar-refractivity contribution in [2.24, 2.45) is 0 Å². The fourth-order valence-corrected chi connectivity index (χ4v) is 4.72. The van der Waals surface area contributed by atoms with Crippen molar-refractivity contribution in [3.05, 3.63) is 78.1 Å². The van der Waals surface area contributed by atoms with Crippen LogP contribution in [-0.4, -0.2) is 50.7 Å². The highest BCUT2D eigenvalue weighted by atomic mass is 16.3. The molecule has 7 heteroatoms. The van der Waals surface area contributed by atoms with Gasteiger partial charge in [-0.15, -0.1) is 10.2 Å². The van der Waals surface area contributed by atoms with E-state index in [2.05, 4.69) is 58.1 Å². The molecule has 5 aromatic rings. The smallest absolute Gasteiger partial charge is 0.213 e. The van der Waals surface area contributed by atoms with Crippen molar-refractivity contribution in [3.63, 3.8) is 0 Å². The van der Waals surface area contributed by atoms with E-state index in [0.29, 0.717) is 17.5 Å². The fraction of sp³-hybridized carbons (Fsp3) is 0.296. The summed E-state index contributed by atoms with van der Waals surface area (Å²) in [6.45, 7) is 9.16. The molecule has 0 saturated carbocycles. The third-order valence-electron chi connectivity index (χ3n) is 6.68. The minimum Gasteiger partial charge on any atom is -0.461 e. The summed E-state index contributed by atoms with van der Waals surface area (Å²) in [6, 6.07) is 20.9. The molecule has 2 aromatic carbocycles. The lowest BCUT2D eigenvalue weighted by atomic mass is 10.0. The number of para-hydroxylation sites is 1. The van der Waals surface area contributed by atoms with E-state index < -0.39 is 0 Å². The Morgan fingerprint density at radius 1 is 0.882 bits per heavy atom. The average Bonchev–Trinajstić information content (AvgIpc) is 3.55. The van der Waals surface area contributed by atoms with E-state index in [1.54, 1.807) is 6.26 Å². The minimum absolute atomic E-state index is 0.563. The quantitative estimate of drug-likeness (QED) is 0.375. The maximum absolute atomic E-state index is 5.67. The van der Waals surface area contributed by atoms with Crippen LogP contribution in [0.15, 0.2) is 71.3 Å². The summed E-state index contributed by atoms with van der Waals surface area (Å²) in [6.07, 6.45) is 1.66. The number of anilines is 1. The Morgan fingerprint density at radius 3 is 2.41 bits per heavy atom. The first-order valence-corrected chi connectivity index (χ1v) is 11.9. The zero-order valence-electron chi connectivity index (χ0n) is 19.6. The molecule has 172 valence electrons. The number of furan rings is 1. The molecule has 0 N–H and O–H groups in total. The SMILES string of the molecule is CC(C)c1ccc(CN2CCN(c3nc4ccccc4c4nnc(-c5ccco5)n34)CC2)cc1. The highest BCUT2D eigenvalue weighted by Crippen LogP contribution is 2.29. The Hall–Kier alpha value is -3.71. The second kappa shape index (κ2) is 8.57. The molecule has 0 aliphatic carbocycles. The van der Waals surface area contributed by atoms with Gasteiger partial charge in [0.05, 0.1) is 11.8 Å². The zero-order chi connectivity index (χ0) is 23.1. The van der Waals surface area contributed by atoms with Gasteiger partial charge in [-0.1, -0.05) is 50.2 Å². The van der Waals surface area contributed by atoms with Crippen LogP contribution >= 0.6 is 0 Å². The van der Waals surface area contributed by atoms with Gasteiger partial charge in [0.1, 0.15) is 0 Å². The van der Waals surface area contributed by atoms with Gasteiger partial charge in [-0.2, -0.15) is 0 Å². The van der Waals surface area contributed by atoms with E-state index >= 15 is 0 Å². The number of hydrogen-bond acceptors (Lipinski definition) is 6. The summed E-state index contributed by atoms with van der Waals surface area (Å²) >= 11 is 0. The van der Waals surface area contributed by atoms with Crippen LogP contribution in [0.5, 0.6) is 0 Å². The average molecular weight is 453 g/mol. The molecule has 1 fully saturated rings. The Kier molecular flexibility index (Phi) is 5.26. The number of piperazine rings is 1. The lowest BCUT2D eigenvalue weighted by Gasteiger charge is -2.35. The number of benzene rings is 2. The van der Waals surface area contributed by atoms with Crippen LogP contribution in [0.25, 0.3) is 28.1 Å². The molecule has 6 rings (SSSR count). The van der Waals surface area contributed by atoms with Crippen LogP contribution in [0.1, 0.15) is 30.9 Å². The molecule has 0 unspecified atom stereocenters. The summed E-state index contributed by atoms with van der Waals surface area (Å²) < 4.78 is 7.71. The maximum Gasteiger partial charge on any atom is 0.213 e. The molecule has 1 aliphatic heterocycles. The second-order valence-corrected chi connectivity index (χ2v) is 9.25. The van der Waals surface area contributed by atoms with Crippen molar-refractivity contribution in [2.75, 3.05) is 31.1 Å². The largest absolute Gasteiger partial charge is 0.461 e. The van der Waals surface area contributed by atoms with Gasteiger partial charge in [0.2, 0.25) is 11.8 Å². The Bertz CT molecular complexity index is 1410. The van der Waals surface area contributed by atoms with Crippen LogP contribution in [0.2, 0.25) is 0 Å². The van der Waals surface area contributed by atoms with Crippen molar-refractivity contribution in [2.45, 2.75) is 26.3 Å². The van der Waals surface area contributed by atoms with E-state index in [1.165, 1.54) is 11.1 Å². The number of nitrogens with zero attached hydrogens (tertiary/aromatic N) is 6. The monoisotopic (exact) mass is 452 g/mol. The predicted molar refractivity (Wildman–Crippen MR) is 134 cm³/mol. The second-order valence-electron chi connectivity index (χ2n) is 9.25. The van der Waals surface area contributed by atoms with Gasteiger partial charge in [-0.25, -0.2) is 9.38 Å². The first-order valence-electron chi connectivity index (χ1n) is 11.9. The first kappa shape index (κ1) is 20.9. The van der Waals surface area contributed by atoms with Gasteiger partial charge < -0.3 is 9.32 Å². The topological polar surface area (TPSA) is 62.7 Å². The summed E-state index contributed by atoms with van der Waals surface area (Å²) in [5, 5.41) is 9.99. The van der Waals surface area contributed by atoms with Crippen LogP contribution < -0.4 is 4.90 Å². The maximum atomic E-state index is 5.67. The molecule has 0 spiro atoms. The van der Waals surface area contributed by atoms with Crippen molar-refractivity contribution in [1.29, 1.82) is 0 Å². The minimum atomic E-state index is 0.563. The van der Waals surface area contributed by atoms with E-state index in [-0.39, 0.29) is 0 Å². The number of hydrogen-bond donors (Lipinski definition) is 0. The highest BCUT2D eigenvalue weighted by Gasteiger charge is 2.24. The molecule has 1 saturated heterocycles. The molecule has 0 amide bonds. The first-order chi connectivity index (χ1) is 16.7. The zero-order valence-corrected chi connectivity index (χ0v) is 19.6. The summed E-state index contributed by atoms with van der Waals surface area (Å²) in [7, 11) is 0. The normalized spacial score (nSPS) is 15.1. The predicted octanol–water partition coefficient (Wildman–Crippen LogP) is 4.98. The Labute approximate surface area is 198 Å². The highest BCUT2D eigenvalue weighted by molar-refractivity contribution is 5.93. The molecule has 1 aliphatic rings. The van der Waals surface area contributed by atoms with E-state index in [0.717, 1.165) is 55.2 Å². The Balaban J connectivity index is 1.29. The number of fused-ring (bicyclic) bond motifs is 3. The van der Waals surface area contributed by atoms with Gasteiger partial charge in [-0.05, 0) is 41.3 Å². The van der Waals surface area contributed by atoms with Crippen molar-refractivity contribution in [1.82, 2.24) is 24.5 Å². The van der Waals surface area contributed by atoms with Crippen LogP contribution in [0.3, 0.4) is 0 Å². The van der Waals surface area contributed by atoms with Crippen molar-refractivity contribution >= 4 is 22.5 Å². The van der Waals surface area contributed by atoms with Crippen molar-refractivity contribution in [3.8, 4) is 11.6 Å². The molecule has 0 radical (unpaired) electrons. The van der Waals surface area contributed by atoms with Crippen LogP contribution in [0, 0.1) is 0 Å². The van der Waals surface area contributed by atoms with E-state index in [4.69, 9.17) is 9.40 Å². The van der Waals surface area contributed by atoms with Crippen molar-refractivity contribution < 1.29 is 4.42 Å². The molecule has 7 nitrogen and oxygen atoms in total. The molecular formula is C27H28N6O. The number of aromatic nitrogens is 4. The van der Waals surface area contributed by atoms with Gasteiger partial charge >= 0.3 is 0 Å². The third kappa shape index (κ3) is 3.72. The number of rotatable bonds is 5. The van der Waals surface area contributed by atoms with Gasteiger partial charge in [-0.3, -0.25) is 4.90 Å². The standard InChI is InChI=1S/C27H28N6O/c1-19(2)21-11-9-20(10-12-21)18-31-13-15-32(16-14-31)27-28-23-7-4-3-6-22(23)25-29-30-26(33(25)27)24-8-5-17-34-24/h3-12,17,19H,13-16,18H2,1-2H3. The fourth-order valence-electron chi connectivity index (χ4n) is 4.72. The van der Waals surface area contributed by atoms with Gasteiger partial charge in [0.15, 0.2) is 11.4 Å². The molecular weight excluding hydrogens is 424 g/mol.